The van der Waals surface area contributed by atoms with Gasteiger partial charge in [-0.3, -0.25) is 0 Å². The van der Waals surface area contributed by atoms with Gasteiger partial charge in [-0.05, 0) is 42.7 Å². The smallest absolute Gasteiger partial charge is 0.338 e. The summed E-state index contributed by atoms with van der Waals surface area (Å²) in [6.07, 6.45) is 0.671. The maximum Gasteiger partial charge on any atom is 0.338 e. The molecule has 6 nitrogen and oxygen atoms in total. The third-order valence-corrected chi connectivity index (χ3v) is 7.48. The Hall–Kier alpha value is -2.55. The van der Waals surface area contributed by atoms with Crippen LogP contribution in [0, 0.1) is 6.92 Å². The molecular weight excluding hydrogens is 408 g/mol. The molecule has 1 aliphatic rings. The zero-order valence-corrected chi connectivity index (χ0v) is 17.5. The summed E-state index contributed by atoms with van der Waals surface area (Å²) in [7, 11) is -3.71. The fourth-order valence-electron chi connectivity index (χ4n) is 3.30. The fraction of sp³-hybridized carbons (Fsp3) is 0.238. The van der Waals surface area contributed by atoms with Crippen LogP contribution in [0.4, 0.5) is 0 Å². The number of fused-ring (bicyclic) bond motifs is 1. The molecule has 1 aromatic heterocycles. The minimum Gasteiger partial charge on any atom is -0.456 e. The Balaban J connectivity index is 1.51. The number of ether oxygens (including phenoxy) is 1. The topological polar surface area (TPSA) is 76.6 Å². The first-order chi connectivity index (χ1) is 13.9. The van der Waals surface area contributed by atoms with Gasteiger partial charge < -0.3 is 4.74 Å². The number of aryl methyl sites for hydroxylation is 1. The lowest BCUT2D eigenvalue weighted by Crippen LogP contribution is -2.36. The number of esters is 1. The van der Waals surface area contributed by atoms with Gasteiger partial charge in [0.2, 0.25) is 10.0 Å². The minimum atomic E-state index is -3.71. The largest absolute Gasteiger partial charge is 0.456 e. The molecule has 0 saturated carbocycles. The summed E-state index contributed by atoms with van der Waals surface area (Å²) in [6, 6.07) is 13.9. The van der Waals surface area contributed by atoms with E-state index in [-0.39, 0.29) is 17.1 Å². The van der Waals surface area contributed by atoms with Gasteiger partial charge in [0.15, 0.2) is 0 Å². The van der Waals surface area contributed by atoms with Crippen molar-refractivity contribution in [2.24, 2.45) is 0 Å². The first kappa shape index (κ1) is 19.8. The van der Waals surface area contributed by atoms with Gasteiger partial charge in [0.05, 0.1) is 21.2 Å². The number of carbonyl (C=O) groups excluding carboxylic acids is 1. The van der Waals surface area contributed by atoms with E-state index in [1.54, 1.807) is 12.1 Å². The molecule has 0 unspecified atom stereocenters. The van der Waals surface area contributed by atoms with E-state index in [0.717, 1.165) is 10.6 Å². The van der Waals surface area contributed by atoms with Crippen LogP contribution in [0.2, 0.25) is 0 Å². The van der Waals surface area contributed by atoms with Crippen molar-refractivity contribution in [3.05, 3.63) is 81.3 Å². The standard InChI is InChI=1S/C21H20N2O4S2/c1-15-22-19(14-28-15)13-27-21(24)17-7-4-8-20(11-17)29(25,26)23-10-9-16-5-2-3-6-18(16)12-23/h2-8,11,14H,9-10,12-13H2,1H3. The van der Waals surface area contributed by atoms with Gasteiger partial charge in [-0.2, -0.15) is 4.31 Å². The van der Waals surface area contributed by atoms with E-state index in [9.17, 15) is 13.2 Å². The SMILES string of the molecule is Cc1nc(COC(=O)c2cccc(S(=O)(=O)N3CCc4ccccc4C3)c2)cs1. The predicted molar refractivity (Wildman–Crippen MR) is 110 cm³/mol. The number of sulfonamides is 1. The number of thiazole rings is 1. The molecule has 0 amide bonds. The highest BCUT2D eigenvalue weighted by Crippen LogP contribution is 2.25. The predicted octanol–water partition coefficient (Wildman–Crippen LogP) is 3.56. The molecule has 8 heteroatoms. The average Bonchev–Trinajstić information content (AvgIpc) is 3.17. The molecule has 0 N–H and O–H groups in total. The van der Waals surface area contributed by atoms with Crippen LogP contribution in [-0.2, 0) is 34.3 Å². The van der Waals surface area contributed by atoms with E-state index in [1.807, 2.05) is 36.6 Å². The molecule has 0 atom stereocenters. The zero-order valence-electron chi connectivity index (χ0n) is 15.9. The number of aromatic nitrogens is 1. The summed E-state index contributed by atoms with van der Waals surface area (Å²) < 4.78 is 33.0. The first-order valence-corrected chi connectivity index (χ1v) is 11.5. The van der Waals surface area contributed by atoms with Gasteiger partial charge in [0.25, 0.3) is 0 Å². The number of carbonyl (C=O) groups is 1. The van der Waals surface area contributed by atoms with Crippen LogP contribution >= 0.6 is 11.3 Å². The third kappa shape index (κ3) is 4.24. The van der Waals surface area contributed by atoms with Crippen molar-refractivity contribution in [2.45, 2.75) is 31.4 Å². The monoisotopic (exact) mass is 428 g/mol. The fourth-order valence-corrected chi connectivity index (χ4v) is 5.37. The molecule has 1 aliphatic heterocycles. The Labute approximate surface area is 173 Å². The Kier molecular flexibility index (Phi) is 5.49. The molecule has 0 fully saturated rings. The summed E-state index contributed by atoms with van der Waals surface area (Å²) in [6.45, 7) is 2.68. The molecule has 0 spiro atoms. The van der Waals surface area contributed by atoms with Gasteiger partial charge in [-0.15, -0.1) is 11.3 Å². The Morgan fingerprint density at radius 3 is 2.72 bits per heavy atom. The van der Waals surface area contributed by atoms with Gasteiger partial charge in [-0.1, -0.05) is 30.3 Å². The number of rotatable bonds is 5. The molecular formula is C21H20N2O4S2. The van der Waals surface area contributed by atoms with Gasteiger partial charge >= 0.3 is 5.97 Å². The Morgan fingerprint density at radius 2 is 1.97 bits per heavy atom. The van der Waals surface area contributed by atoms with Crippen molar-refractivity contribution in [3.8, 4) is 0 Å². The highest BCUT2D eigenvalue weighted by Gasteiger charge is 2.28. The van der Waals surface area contributed by atoms with E-state index >= 15 is 0 Å². The van der Waals surface area contributed by atoms with Crippen molar-refractivity contribution in [3.63, 3.8) is 0 Å². The van der Waals surface area contributed by atoms with Crippen molar-refractivity contribution < 1.29 is 17.9 Å². The molecule has 4 rings (SSSR count). The first-order valence-electron chi connectivity index (χ1n) is 9.18. The molecule has 0 radical (unpaired) electrons. The Bertz CT molecular complexity index is 1150. The van der Waals surface area contributed by atoms with Crippen molar-refractivity contribution in [1.82, 2.24) is 9.29 Å². The van der Waals surface area contributed by atoms with Crippen molar-refractivity contribution in [2.75, 3.05) is 6.54 Å². The second-order valence-electron chi connectivity index (χ2n) is 6.82. The highest BCUT2D eigenvalue weighted by atomic mass is 32.2. The van der Waals surface area contributed by atoms with Crippen LogP contribution in [0.15, 0.2) is 58.8 Å². The van der Waals surface area contributed by atoms with Gasteiger partial charge in [0, 0.05) is 18.5 Å². The molecule has 2 heterocycles. The van der Waals surface area contributed by atoms with Crippen LogP contribution < -0.4 is 0 Å². The van der Waals surface area contributed by atoms with Crippen LogP contribution in [0.25, 0.3) is 0 Å². The maximum atomic E-state index is 13.1. The zero-order chi connectivity index (χ0) is 20.4. The summed E-state index contributed by atoms with van der Waals surface area (Å²) in [4.78, 5) is 16.7. The Morgan fingerprint density at radius 1 is 1.17 bits per heavy atom. The molecule has 0 saturated heterocycles. The molecule has 29 heavy (non-hydrogen) atoms. The maximum absolute atomic E-state index is 13.1. The minimum absolute atomic E-state index is 0.0586. The van der Waals surface area contributed by atoms with E-state index in [2.05, 4.69) is 4.98 Å². The lowest BCUT2D eigenvalue weighted by atomic mass is 10.0. The van der Waals surface area contributed by atoms with Crippen LogP contribution in [0.3, 0.4) is 0 Å². The normalized spacial score (nSPS) is 14.4. The molecule has 0 bridgehead atoms. The number of benzene rings is 2. The summed E-state index contributed by atoms with van der Waals surface area (Å²) >= 11 is 1.48. The van der Waals surface area contributed by atoms with Crippen LogP contribution in [0.1, 0.15) is 32.2 Å². The lowest BCUT2D eigenvalue weighted by Gasteiger charge is -2.28. The molecule has 0 aliphatic carbocycles. The van der Waals surface area contributed by atoms with Crippen molar-refractivity contribution in [1.29, 1.82) is 0 Å². The second kappa shape index (κ2) is 8.06. The third-order valence-electron chi connectivity index (χ3n) is 4.82. The quantitative estimate of drug-likeness (QED) is 0.581. The molecule has 2 aromatic carbocycles. The van der Waals surface area contributed by atoms with E-state index in [4.69, 9.17) is 4.74 Å². The number of nitrogens with zero attached hydrogens (tertiary/aromatic N) is 2. The van der Waals surface area contributed by atoms with Crippen molar-refractivity contribution >= 4 is 27.3 Å². The molecule has 3 aromatic rings. The summed E-state index contributed by atoms with van der Waals surface area (Å²) in [5, 5.41) is 2.73. The lowest BCUT2D eigenvalue weighted by molar-refractivity contribution is 0.0468. The summed E-state index contributed by atoms with van der Waals surface area (Å²) in [5.74, 6) is -0.573. The van der Waals surface area contributed by atoms with Gasteiger partial charge in [0.1, 0.15) is 6.61 Å². The van der Waals surface area contributed by atoms with E-state index < -0.39 is 16.0 Å². The number of hydrogen-bond acceptors (Lipinski definition) is 6. The van der Waals surface area contributed by atoms with Crippen LogP contribution in [0.5, 0.6) is 0 Å². The van der Waals surface area contributed by atoms with E-state index in [0.29, 0.717) is 25.2 Å². The summed E-state index contributed by atoms with van der Waals surface area (Å²) in [5.41, 5.74) is 3.07. The van der Waals surface area contributed by atoms with E-state index in [1.165, 1.54) is 33.3 Å². The molecule has 150 valence electrons. The highest BCUT2D eigenvalue weighted by molar-refractivity contribution is 7.89. The van der Waals surface area contributed by atoms with Gasteiger partial charge in [-0.25, -0.2) is 18.2 Å². The second-order valence-corrected chi connectivity index (χ2v) is 9.82. The van der Waals surface area contributed by atoms with Crippen LogP contribution in [-0.4, -0.2) is 30.2 Å². The average molecular weight is 429 g/mol. The number of hydrogen-bond donors (Lipinski definition) is 0.